The Kier molecular flexibility index (Phi) is 12.9. The molecule has 2 heterocycles. The number of aliphatic carboxylic acids is 1. The van der Waals surface area contributed by atoms with E-state index in [-0.39, 0.29) is 17.9 Å². The summed E-state index contributed by atoms with van der Waals surface area (Å²) in [5.74, 6) is -9.25. The Labute approximate surface area is 260 Å². The van der Waals surface area contributed by atoms with Crippen LogP contribution in [0.25, 0.3) is 0 Å². The first kappa shape index (κ1) is 36.5. The van der Waals surface area contributed by atoms with Gasteiger partial charge < -0.3 is 38.8 Å². The molecule has 0 aromatic carbocycles. The first-order valence-corrected chi connectivity index (χ1v) is 14.1. The van der Waals surface area contributed by atoms with E-state index in [2.05, 4.69) is 5.32 Å². The van der Waals surface area contributed by atoms with Crippen molar-refractivity contribution in [3.63, 3.8) is 0 Å². The van der Waals surface area contributed by atoms with Crippen molar-refractivity contribution in [2.75, 3.05) is 19.0 Å². The molecular formula is C26H32N2O16S. The summed E-state index contributed by atoms with van der Waals surface area (Å²) in [5.41, 5.74) is -0.298. The van der Waals surface area contributed by atoms with Crippen molar-refractivity contribution >= 4 is 65.4 Å². The molecule has 0 bridgehead atoms. The number of hydrogen-bond donors (Lipinski definition) is 2. The molecule has 45 heavy (non-hydrogen) atoms. The SMILES string of the molecule is CC(=O)OCC1=C(C(=O)O)N2C(=O)[C@@H](NC(=O)[C@@H](OC(C)=O)[C@H](OC(C)=O)[C@H](OC(C)=O)[C@H](COC(C)=O)OC(C)=O)[C@H]2SC1. The largest absolute Gasteiger partial charge is 0.477 e. The number of carbonyl (C=O) groups is 9. The van der Waals surface area contributed by atoms with E-state index in [9.17, 15) is 48.3 Å². The van der Waals surface area contributed by atoms with E-state index in [1.807, 2.05) is 0 Å². The first-order chi connectivity index (χ1) is 20.9. The van der Waals surface area contributed by atoms with Gasteiger partial charge in [-0.15, -0.1) is 11.8 Å². The summed E-state index contributed by atoms with van der Waals surface area (Å²) >= 11 is 1.04. The van der Waals surface area contributed by atoms with Crippen LogP contribution in [0.1, 0.15) is 41.5 Å². The number of β-lactam (4-membered cyclic amide) rings is 1. The minimum absolute atomic E-state index is 0.00785. The third kappa shape index (κ3) is 9.91. The van der Waals surface area contributed by atoms with Gasteiger partial charge >= 0.3 is 41.8 Å². The maximum atomic E-state index is 13.6. The number of fused-ring (bicyclic) bond motifs is 1. The van der Waals surface area contributed by atoms with Crippen LogP contribution in [0.5, 0.6) is 0 Å². The average molecular weight is 661 g/mol. The lowest BCUT2D eigenvalue weighted by Gasteiger charge is -2.49. The Morgan fingerprint density at radius 3 is 1.82 bits per heavy atom. The number of nitrogens with one attached hydrogen (secondary N) is 1. The van der Waals surface area contributed by atoms with Gasteiger partial charge in [0.25, 0.3) is 11.8 Å². The lowest BCUT2D eigenvalue weighted by atomic mass is 9.99. The third-order valence-electron chi connectivity index (χ3n) is 5.91. The third-order valence-corrected chi connectivity index (χ3v) is 7.25. The lowest BCUT2D eigenvalue weighted by molar-refractivity contribution is -0.203. The standard InChI is InChI=1S/C26H32N2O16S/c1-10(29)39-7-16-9-45-25-18(24(36)28(25)19(16)26(37)38)27-23(35)22(44-15(6)34)21(43-14(5)33)20(42-13(4)32)17(41-12(3)31)8-40-11(2)30/h17-18,20-22,25H,7-9H2,1-6H3,(H,27,35)(H,37,38)/t17-,18+,20+,21+,22-,25+/m0/s1. The molecule has 0 spiro atoms. The second-order valence-electron chi connectivity index (χ2n) is 9.56. The fourth-order valence-electron chi connectivity index (χ4n) is 4.31. The number of esters is 6. The normalized spacial score (nSPS) is 19.7. The van der Waals surface area contributed by atoms with Gasteiger partial charge in [-0.25, -0.2) is 4.79 Å². The van der Waals surface area contributed by atoms with Crippen LogP contribution in [0, 0.1) is 0 Å². The Morgan fingerprint density at radius 2 is 1.33 bits per heavy atom. The quantitative estimate of drug-likeness (QED) is 0.123. The van der Waals surface area contributed by atoms with E-state index >= 15 is 0 Å². The van der Waals surface area contributed by atoms with E-state index < -0.39 is 102 Å². The molecule has 0 radical (unpaired) electrons. The Morgan fingerprint density at radius 1 is 0.800 bits per heavy atom. The summed E-state index contributed by atoms with van der Waals surface area (Å²) in [5, 5.41) is 11.1. The molecule has 2 N–H and O–H groups in total. The molecule has 6 atom stereocenters. The minimum atomic E-state index is -2.14. The molecular weight excluding hydrogens is 628 g/mol. The number of thioether (sulfide) groups is 1. The van der Waals surface area contributed by atoms with Gasteiger partial charge in [-0.1, -0.05) is 0 Å². The Bertz CT molecular complexity index is 1300. The summed E-state index contributed by atoms with van der Waals surface area (Å²) < 4.78 is 30.5. The summed E-state index contributed by atoms with van der Waals surface area (Å²) in [6.45, 7) is 4.73. The number of amides is 2. The van der Waals surface area contributed by atoms with Crippen molar-refractivity contribution in [3.05, 3.63) is 11.3 Å². The van der Waals surface area contributed by atoms with Crippen LogP contribution in [0.3, 0.4) is 0 Å². The van der Waals surface area contributed by atoms with E-state index in [4.69, 9.17) is 28.4 Å². The molecule has 0 aliphatic carbocycles. The molecule has 0 aromatic heterocycles. The van der Waals surface area contributed by atoms with Gasteiger partial charge in [0.05, 0.1) is 0 Å². The highest BCUT2D eigenvalue weighted by Gasteiger charge is 2.56. The molecule has 248 valence electrons. The van der Waals surface area contributed by atoms with Crippen molar-refractivity contribution in [2.24, 2.45) is 0 Å². The predicted molar refractivity (Wildman–Crippen MR) is 145 cm³/mol. The number of ether oxygens (including phenoxy) is 6. The minimum Gasteiger partial charge on any atom is -0.477 e. The van der Waals surface area contributed by atoms with Gasteiger partial charge in [0.15, 0.2) is 18.3 Å². The van der Waals surface area contributed by atoms with Crippen LogP contribution < -0.4 is 5.32 Å². The fraction of sp³-hybridized carbons (Fsp3) is 0.577. The average Bonchev–Trinajstić information content (AvgIpc) is 2.91. The fourth-order valence-corrected chi connectivity index (χ4v) is 5.64. The molecule has 1 fully saturated rings. The zero-order valence-corrected chi connectivity index (χ0v) is 25.8. The zero-order chi connectivity index (χ0) is 34.2. The van der Waals surface area contributed by atoms with Crippen molar-refractivity contribution in [3.8, 4) is 0 Å². The number of carboxylic acids is 1. The summed E-state index contributed by atoms with van der Waals surface area (Å²) in [7, 11) is 0. The summed E-state index contributed by atoms with van der Waals surface area (Å²) in [6, 6.07) is -1.37. The number of carbonyl (C=O) groups excluding carboxylic acids is 8. The highest BCUT2D eigenvalue weighted by molar-refractivity contribution is 8.00. The zero-order valence-electron chi connectivity index (χ0n) is 25.0. The maximum absolute atomic E-state index is 13.6. The highest BCUT2D eigenvalue weighted by Crippen LogP contribution is 2.40. The van der Waals surface area contributed by atoms with Crippen LogP contribution in [0.2, 0.25) is 0 Å². The number of nitrogens with zero attached hydrogens (tertiary/aromatic N) is 1. The van der Waals surface area contributed by atoms with E-state index in [1.165, 1.54) is 0 Å². The van der Waals surface area contributed by atoms with Gasteiger partial charge in [0, 0.05) is 52.9 Å². The van der Waals surface area contributed by atoms with Gasteiger partial charge in [-0.3, -0.25) is 43.3 Å². The van der Waals surface area contributed by atoms with Crippen molar-refractivity contribution in [1.82, 2.24) is 10.2 Å². The van der Waals surface area contributed by atoms with E-state index in [0.717, 1.165) is 58.2 Å². The highest BCUT2D eigenvalue weighted by atomic mass is 32.2. The van der Waals surface area contributed by atoms with Crippen molar-refractivity contribution in [2.45, 2.75) is 77.4 Å². The van der Waals surface area contributed by atoms with Crippen LogP contribution in [0.15, 0.2) is 11.3 Å². The molecule has 2 aliphatic rings. The first-order valence-electron chi connectivity index (χ1n) is 13.1. The van der Waals surface area contributed by atoms with Crippen LogP contribution >= 0.6 is 11.8 Å². The molecule has 19 heteroatoms. The van der Waals surface area contributed by atoms with Gasteiger partial charge in [0.1, 0.15) is 30.3 Å². The summed E-state index contributed by atoms with van der Waals surface area (Å²) in [4.78, 5) is 110. The van der Waals surface area contributed by atoms with Gasteiger partial charge in [-0.2, -0.15) is 0 Å². The van der Waals surface area contributed by atoms with Gasteiger partial charge in [-0.05, 0) is 0 Å². The van der Waals surface area contributed by atoms with Crippen LogP contribution in [-0.2, 0) is 71.6 Å². The number of rotatable bonds is 14. The number of carboxylic acid groups (broad SMARTS) is 1. The second-order valence-corrected chi connectivity index (χ2v) is 10.7. The monoisotopic (exact) mass is 660 g/mol. The molecule has 2 amide bonds. The molecule has 2 aliphatic heterocycles. The van der Waals surface area contributed by atoms with Crippen LogP contribution in [-0.4, -0.2) is 118 Å². The lowest BCUT2D eigenvalue weighted by Crippen LogP contribution is -2.72. The second kappa shape index (κ2) is 15.9. The van der Waals surface area contributed by atoms with Crippen molar-refractivity contribution < 1.29 is 76.7 Å². The smallest absolute Gasteiger partial charge is 0.352 e. The maximum Gasteiger partial charge on any atom is 0.352 e. The number of hydrogen-bond acceptors (Lipinski definition) is 16. The Hall–Kier alpha value is -4.68. The predicted octanol–water partition coefficient (Wildman–Crippen LogP) is -1.42. The van der Waals surface area contributed by atoms with Crippen molar-refractivity contribution in [1.29, 1.82) is 0 Å². The molecule has 2 rings (SSSR count). The molecule has 0 unspecified atom stereocenters. The Balaban J connectivity index is 2.47. The molecule has 1 saturated heterocycles. The van der Waals surface area contributed by atoms with E-state index in [1.54, 1.807) is 0 Å². The van der Waals surface area contributed by atoms with E-state index in [0.29, 0.717) is 0 Å². The molecule has 0 saturated carbocycles. The molecule has 0 aromatic rings. The topological polar surface area (TPSA) is 245 Å². The molecule has 18 nitrogen and oxygen atoms in total. The summed E-state index contributed by atoms with van der Waals surface area (Å²) in [6.07, 6.45) is -7.74. The van der Waals surface area contributed by atoms with Crippen LogP contribution in [0.4, 0.5) is 0 Å². The van der Waals surface area contributed by atoms with Gasteiger partial charge in [0.2, 0.25) is 6.10 Å².